The van der Waals surface area contributed by atoms with Crippen LogP contribution in [-0.2, 0) is 19.1 Å². The predicted molar refractivity (Wildman–Crippen MR) is 82.7 cm³/mol. The molecule has 6 nitrogen and oxygen atoms in total. The Hall–Kier alpha value is -2.37. The average molecular weight is 309 g/mol. The van der Waals surface area contributed by atoms with Crippen molar-refractivity contribution in [3.63, 3.8) is 0 Å². The summed E-state index contributed by atoms with van der Waals surface area (Å²) in [6, 6.07) is 0. The van der Waals surface area contributed by atoms with E-state index >= 15 is 0 Å². The number of unbranched alkanes of at least 4 members (excludes halogenated alkanes) is 1. The smallest absolute Gasteiger partial charge is 0.335 e. The van der Waals surface area contributed by atoms with Gasteiger partial charge in [0.05, 0.1) is 5.57 Å². The van der Waals surface area contributed by atoms with Crippen molar-refractivity contribution in [2.45, 2.75) is 39.5 Å². The zero-order valence-corrected chi connectivity index (χ0v) is 13.1. The molecule has 0 aromatic rings. The lowest BCUT2D eigenvalue weighted by Crippen LogP contribution is -2.29. The quantitative estimate of drug-likeness (QED) is 0.381. The molecule has 0 aromatic carbocycles. The first-order valence-corrected chi connectivity index (χ1v) is 7.09. The molecule has 0 atom stereocenters. The molecule has 0 heterocycles. The molecule has 22 heavy (non-hydrogen) atoms. The van der Waals surface area contributed by atoms with Crippen LogP contribution >= 0.6 is 0 Å². The van der Waals surface area contributed by atoms with Crippen LogP contribution in [0.5, 0.6) is 0 Å². The third-order valence-corrected chi connectivity index (χ3v) is 2.89. The van der Waals surface area contributed by atoms with Gasteiger partial charge in [0.15, 0.2) is 6.73 Å². The highest BCUT2D eigenvalue weighted by atomic mass is 16.5. The molecule has 122 valence electrons. The number of carboxylic acid groups (broad SMARTS) is 1. The molecule has 0 saturated heterocycles. The maximum Gasteiger partial charge on any atom is 0.335 e. The molecule has 0 spiro atoms. The number of carbonyl (C=O) groups excluding carboxylic acids is 2. The number of hydrogen-bond acceptors (Lipinski definition) is 4. The molecular weight excluding hydrogens is 286 g/mol. The number of carbonyl (C=O) groups is 3. The number of carboxylic acids is 1. The molecule has 6 heteroatoms. The normalized spacial score (nSPS) is 10.7. The molecule has 0 bridgehead atoms. The first-order chi connectivity index (χ1) is 10.4. The summed E-state index contributed by atoms with van der Waals surface area (Å²) in [4.78, 5) is 35.5. The van der Waals surface area contributed by atoms with E-state index in [1.807, 2.05) is 6.92 Å². The molecule has 0 unspecified atom stereocenters. The highest BCUT2D eigenvalue weighted by Crippen LogP contribution is 2.10. The fourth-order valence-electron chi connectivity index (χ4n) is 1.44. The first kappa shape index (κ1) is 19.6. The van der Waals surface area contributed by atoms with Gasteiger partial charge in [0.1, 0.15) is 0 Å². The van der Waals surface area contributed by atoms with E-state index in [1.165, 1.54) is 6.20 Å². The van der Waals surface area contributed by atoms with Crippen molar-refractivity contribution in [1.82, 2.24) is 4.90 Å². The molecular formula is C16H23NO5. The van der Waals surface area contributed by atoms with Gasteiger partial charge in [-0.3, -0.25) is 9.69 Å². The van der Waals surface area contributed by atoms with Gasteiger partial charge in [-0.05, 0) is 25.3 Å². The van der Waals surface area contributed by atoms with Crippen LogP contribution in [0.25, 0.3) is 0 Å². The van der Waals surface area contributed by atoms with Crippen molar-refractivity contribution in [3.8, 4) is 0 Å². The number of ether oxygens (including phenoxy) is 1. The lowest BCUT2D eigenvalue weighted by molar-refractivity contribution is -0.145. The van der Waals surface area contributed by atoms with E-state index in [-0.39, 0.29) is 17.9 Å². The van der Waals surface area contributed by atoms with Crippen molar-refractivity contribution in [1.29, 1.82) is 0 Å². The minimum absolute atomic E-state index is 0.0717. The Kier molecular flexibility index (Phi) is 9.25. The number of amides is 1. The van der Waals surface area contributed by atoms with Gasteiger partial charge in [0.2, 0.25) is 0 Å². The summed E-state index contributed by atoms with van der Waals surface area (Å²) in [5.74, 6) is -2.28. The van der Waals surface area contributed by atoms with Gasteiger partial charge in [-0.25, -0.2) is 9.59 Å². The van der Waals surface area contributed by atoms with Crippen molar-refractivity contribution in [2.24, 2.45) is 0 Å². The second-order valence-corrected chi connectivity index (χ2v) is 4.59. The molecule has 0 rings (SSSR count). The Bertz CT molecular complexity index is 479. The van der Waals surface area contributed by atoms with Crippen LogP contribution in [0.3, 0.4) is 0 Å². The Morgan fingerprint density at radius 1 is 1.27 bits per heavy atom. The minimum atomic E-state index is -1.11. The third kappa shape index (κ3) is 6.88. The van der Waals surface area contributed by atoms with Crippen LogP contribution in [0.2, 0.25) is 0 Å². The van der Waals surface area contributed by atoms with Crippen molar-refractivity contribution < 1.29 is 24.2 Å². The number of nitrogens with zero attached hydrogens (tertiary/aromatic N) is 1. The Labute approximate surface area is 130 Å². The number of rotatable bonds is 10. The molecule has 0 saturated carbocycles. The van der Waals surface area contributed by atoms with E-state index in [0.29, 0.717) is 19.3 Å². The fourth-order valence-corrected chi connectivity index (χ4v) is 1.44. The van der Waals surface area contributed by atoms with E-state index in [0.717, 1.165) is 17.4 Å². The Balaban J connectivity index is 5.06. The molecule has 0 aromatic heterocycles. The van der Waals surface area contributed by atoms with E-state index in [1.54, 1.807) is 6.92 Å². The summed E-state index contributed by atoms with van der Waals surface area (Å²) in [6.45, 7) is 10.2. The Morgan fingerprint density at radius 3 is 2.36 bits per heavy atom. The summed E-state index contributed by atoms with van der Waals surface area (Å²) in [5.41, 5.74) is 0.349. The summed E-state index contributed by atoms with van der Waals surface area (Å²) in [5, 5.41) is 9.15. The molecule has 0 radical (unpaired) electrons. The molecule has 0 fully saturated rings. The van der Waals surface area contributed by atoms with Crippen LogP contribution in [0, 0.1) is 0 Å². The topological polar surface area (TPSA) is 83.9 Å². The lowest BCUT2D eigenvalue weighted by atomic mass is 10.1. The fraction of sp³-hybridized carbons (Fsp3) is 0.438. The van der Waals surface area contributed by atoms with Gasteiger partial charge in [-0.1, -0.05) is 33.4 Å². The van der Waals surface area contributed by atoms with Gasteiger partial charge in [0.25, 0.3) is 5.91 Å². The largest absolute Gasteiger partial charge is 0.478 e. The van der Waals surface area contributed by atoms with Crippen molar-refractivity contribution in [3.05, 3.63) is 36.6 Å². The van der Waals surface area contributed by atoms with Crippen LogP contribution in [0.1, 0.15) is 39.5 Å². The third-order valence-electron chi connectivity index (χ3n) is 2.89. The molecule has 0 aliphatic carbocycles. The van der Waals surface area contributed by atoms with Crippen LogP contribution in [0.15, 0.2) is 36.6 Å². The zero-order valence-electron chi connectivity index (χ0n) is 13.1. The monoisotopic (exact) mass is 309 g/mol. The van der Waals surface area contributed by atoms with Crippen LogP contribution in [0.4, 0.5) is 0 Å². The van der Waals surface area contributed by atoms with Crippen molar-refractivity contribution in [2.75, 3.05) is 6.73 Å². The second kappa shape index (κ2) is 10.4. The maximum atomic E-state index is 11.8. The van der Waals surface area contributed by atoms with Gasteiger partial charge >= 0.3 is 11.9 Å². The number of esters is 1. The summed E-state index contributed by atoms with van der Waals surface area (Å²) < 4.78 is 4.95. The maximum absolute atomic E-state index is 11.8. The predicted octanol–water partition coefficient (Wildman–Crippen LogP) is 2.63. The first-order valence-electron chi connectivity index (χ1n) is 7.09. The number of hydrogen-bond donors (Lipinski definition) is 1. The van der Waals surface area contributed by atoms with Crippen molar-refractivity contribution >= 4 is 17.8 Å². The van der Waals surface area contributed by atoms with Crippen LogP contribution in [-0.4, -0.2) is 34.6 Å². The second-order valence-electron chi connectivity index (χ2n) is 4.59. The summed E-state index contributed by atoms with van der Waals surface area (Å²) in [7, 11) is 0. The lowest BCUT2D eigenvalue weighted by Gasteiger charge is -2.18. The van der Waals surface area contributed by atoms with Crippen LogP contribution < -0.4 is 0 Å². The van der Waals surface area contributed by atoms with Gasteiger partial charge in [0, 0.05) is 11.8 Å². The zero-order chi connectivity index (χ0) is 17.1. The van der Waals surface area contributed by atoms with E-state index in [9.17, 15) is 14.4 Å². The molecule has 0 aliphatic rings. The number of aliphatic carboxylic acids is 1. The van der Waals surface area contributed by atoms with Gasteiger partial charge in [-0.2, -0.15) is 0 Å². The SMILES string of the molecule is C=CC(=O)N(C=C(CCCC)C(=O)O)COC(=O)C(=C)CC. The Morgan fingerprint density at radius 2 is 1.91 bits per heavy atom. The summed E-state index contributed by atoms with van der Waals surface area (Å²) in [6.07, 6.45) is 4.47. The molecule has 1 amide bonds. The van der Waals surface area contributed by atoms with E-state index in [2.05, 4.69) is 13.2 Å². The molecule has 0 aliphatic heterocycles. The highest BCUT2D eigenvalue weighted by molar-refractivity contribution is 5.91. The molecule has 1 N–H and O–H groups in total. The van der Waals surface area contributed by atoms with Gasteiger partial charge < -0.3 is 9.84 Å². The minimum Gasteiger partial charge on any atom is -0.478 e. The van der Waals surface area contributed by atoms with E-state index in [4.69, 9.17) is 9.84 Å². The van der Waals surface area contributed by atoms with Gasteiger partial charge in [-0.15, -0.1) is 0 Å². The highest BCUT2D eigenvalue weighted by Gasteiger charge is 2.16. The van der Waals surface area contributed by atoms with E-state index < -0.39 is 17.8 Å². The standard InChI is InChI=1S/C16H23NO5/c1-5-8-9-13(15(19)20)10-17(14(18)7-3)11-22-16(21)12(4)6-2/h7,10H,3-6,8-9,11H2,1-2H3,(H,19,20). The summed E-state index contributed by atoms with van der Waals surface area (Å²) >= 11 is 0. The average Bonchev–Trinajstić information content (AvgIpc) is 2.51.